The van der Waals surface area contributed by atoms with Gasteiger partial charge in [0.25, 0.3) is 0 Å². The van der Waals surface area contributed by atoms with Crippen LogP contribution >= 0.6 is 0 Å². The number of nitrogens with one attached hydrogen (secondary N) is 1. The molecule has 1 saturated carbocycles. The molecule has 0 radical (unpaired) electrons. The summed E-state index contributed by atoms with van der Waals surface area (Å²) >= 11 is 0. The largest absolute Gasteiger partial charge is 0.369 e. The van der Waals surface area contributed by atoms with Crippen LogP contribution in [0.4, 0.5) is 11.5 Å². The van der Waals surface area contributed by atoms with Crippen molar-refractivity contribution in [2.75, 3.05) is 63.1 Å². The number of hydrogen-bond donors (Lipinski definition) is 1. The van der Waals surface area contributed by atoms with Crippen molar-refractivity contribution in [3.05, 3.63) is 30.6 Å². The fourth-order valence-electron chi connectivity index (χ4n) is 6.10. The van der Waals surface area contributed by atoms with E-state index in [-0.39, 0.29) is 5.91 Å². The van der Waals surface area contributed by atoms with Crippen LogP contribution in [0.3, 0.4) is 0 Å². The standard InChI is InChI=1S/C29H40N8O/c1-34-17-19-35(20-18-34)23-12-10-22(11-13-23)27-32-28(30-14-6-16-36-15-5-9-25(36)38)26-29(33-27)37(21-31-26)24-7-3-2-4-8-24/h10-13,21,24H,2-9,14-20H2,1H3,(H,30,32,33). The van der Waals surface area contributed by atoms with Crippen LogP contribution in [0.2, 0.25) is 0 Å². The van der Waals surface area contributed by atoms with Gasteiger partial charge in [0.15, 0.2) is 17.3 Å². The molecule has 1 aliphatic carbocycles. The second kappa shape index (κ2) is 11.3. The van der Waals surface area contributed by atoms with Gasteiger partial charge >= 0.3 is 0 Å². The summed E-state index contributed by atoms with van der Waals surface area (Å²) in [6.07, 6.45) is 10.7. The number of nitrogens with zero attached hydrogens (tertiary/aromatic N) is 7. The quantitative estimate of drug-likeness (QED) is 0.450. The lowest BCUT2D eigenvalue weighted by atomic mass is 9.95. The molecule has 2 aliphatic heterocycles. The monoisotopic (exact) mass is 516 g/mol. The minimum Gasteiger partial charge on any atom is -0.369 e. The van der Waals surface area contributed by atoms with Gasteiger partial charge in [-0.3, -0.25) is 4.79 Å². The lowest BCUT2D eigenvalue weighted by Gasteiger charge is -2.34. The minimum atomic E-state index is 0.281. The molecule has 202 valence electrons. The Balaban J connectivity index is 1.25. The fourth-order valence-corrected chi connectivity index (χ4v) is 6.10. The maximum Gasteiger partial charge on any atom is 0.222 e. The Hall–Kier alpha value is -3.20. The molecule has 0 bridgehead atoms. The molecular formula is C29H40N8O. The highest BCUT2D eigenvalue weighted by Crippen LogP contribution is 2.33. The van der Waals surface area contributed by atoms with Gasteiger partial charge in [-0.1, -0.05) is 19.3 Å². The molecule has 4 heterocycles. The van der Waals surface area contributed by atoms with E-state index in [1.165, 1.54) is 37.8 Å². The van der Waals surface area contributed by atoms with Crippen LogP contribution in [0, 0.1) is 0 Å². The van der Waals surface area contributed by atoms with E-state index < -0.39 is 0 Å². The summed E-state index contributed by atoms with van der Waals surface area (Å²) in [6.45, 7) is 6.70. The zero-order chi connectivity index (χ0) is 25.9. The molecule has 3 fully saturated rings. The molecule has 0 atom stereocenters. The Kier molecular flexibility index (Phi) is 7.44. The highest BCUT2D eigenvalue weighted by molar-refractivity contribution is 5.85. The number of amides is 1. The number of anilines is 2. The third kappa shape index (κ3) is 5.34. The second-order valence-electron chi connectivity index (χ2n) is 11.1. The number of hydrogen-bond acceptors (Lipinski definition) is 7. The third-order valence-electron chi connectivity index (χ3n) is 8.45. The van der Waals surface area contributed by atoms with Crippen molar-refractivity contribution < 1.29 is 4.79 Å². The predicted octanol–water partition coefficient (Wildman–Crippen LogP) is 4.17. The lowest BCUT2D eigenvalue weighted by Crippen LogP contribution is -2.44. The van der Waals surface area contributed by atoms with Gasteiger partial charge in [-0.15, -0.1) is 0 Å². The number of likely N-dealkylation sites (N-methyl/N-ethyl adjacent to an activating group) is 1. The number of piperazine rings is 1. The van der Waals surface area contributed by atoms with Gasteiger partial charge in [0, 0.05) is 69.5 Å². The van der Waals surface area contributed by atoms with Crippen molar-refractivity contribution >= 4 is 28.6 Å². The first-order valence-electron chi connectivity index (χ1n) is 14.5. The maximum atomic E-state index is 12.0. The summed E-state index contributed by atoms with van der Waals surface area (Å²) in [7, 11) is 2.18. The highest BCUT2D eigenvalue weighted by atomic mass is 16.2. The van der Waals surface area contributed by atoms with Crippen LogP contribution < -0.4 is 10.2 Å². The van der Waals surface area contributed by atoms with E-state index >= 15 is 0 Å². The number of rotatable bonds is 8. The zero-order valence-corrected chi connectivity index (χ0v) is 22.6. The van der Waals surface area contributed by atoms with Gasteiger partial charge in [0.2, 0.25) is 5.91 Å². The van der Waals surface area contributed by atoms with Crippen molar-refractivity contribution in [1.29, 1.82) is 0 Å². The van der Waals surface area contributed by atoms with Gasteiger partial charge < -0.3 is 24.6 Å². The summed E-state index contributed by atoms with van der Waals surface area (Å²) in [5, 5.41) is 3.54. The first-order chi connectivity index (χ1) is 18.7. The van der Waals surface area contributed by atoms with Crippen molar-refractivity contribution in [3.8, 4) is 11.4 Å². The van der Waals surface area contributed by atoms with Gasteiger partial charge in [-0.25, -0.2) is 15.0 Å². The van der Waals surface area contributed by atoms with Gasteiger partial charge in [0.05, 0.1) is 6.33 Å². The molecule has 1 amide bonds. The normalized spacial score (nSPS) is 19.6. The van der Waals surface area contributed by atoms with Crippen LogP contribution in [0.1, 0.15) is 57.4 Å². The number of likely N-dealkylation sites (tertiary alicyclic amines) is 1. The third-order valence-corrected chi connectivity index (χ3v) is 8.45. The van der Waals surface area contributed by atoms with Crippen LogP contribution in [0.5, 0.6) is 0 Å². The molecule has 38 heavy (non-hydrogen) atoms. The number of benzene rings is 1. The number of imidazole rings is 1. The molecule has 3 aliphatic rings. The summed E-state index contributed by atoms with van der Waals surface area (Å²) in [5.74, 6) is 1.80. The number of carbonyl (C=O) groups excluding carboxylic acids is 1. The van der Waals surface area contributed by atoms with Crippen molar-refractivity contribution in [1.82, 2.24) is 29.3 Å². The van der Waals surface area contributed by atoms with Gasteiger partial charge in [-0.05, 0) is 57.0 Å². The van der Waals surface area contributed by atoms with Crippen molar-refractivity contribution in [2.24, 2.45) is 0 Å². The van der Waals surface area contributed by atoms with Crippen molar-refractivity contribution in [2.45, 2.75) is 57.4 Å². The molecule has 2 aromatic heterocycles. The highest BCUT2D eigenvalue weighted by Gasteiger charge is 2.22. The summed E-state index contributed by atoms with van der Waals surface area (Å²) in [5.41, 5.74) is 4.03. The first kappa shape index (κ1) is 25.1. The van der Waals surface area contributed by atoms with Crippen LogP contribution in [-0.2, 0) is 4.79 Å². The summed E-state index contributed by atoms with van der Waals surface area (Å²) < 4.78 is 2.28. The van der Waals surface area contributed by atoms with Gasteiger partial charge in [0.1, 0.15) is 5.52 Å². The van der Waals surface area contributed by atoms with E-state index in [9.17, 15) is 4.79 Å². The maximum absolute atomic E-state index is 12.0. The summed E-state index contributed by atoms with van der Waals surface area (Å²) in [6, 6.07) is 9.15. The molecule has 1 aromatic carbocycles. The number of carbonyl (C=O) groups is 1. The van der Waals surface area contributed by atoms with Crippen LogP contribution in [0.25, 0.3) is 22.6 Å². The van der Waals surface area contributed by atoms with E-state index in [2.05, 4.69) is 51.0 Å². The minimum absolute atomic E-state index is 0.281. The Morgan fingerprint density at radius 1 is 0.947 bits per heavy atom. The van der Waals surface area contributed by atoms with Gasteiger partial charge in [-0.2, -0.15) is 0 Å². The van der Waals surface area contributed by atoms with E-state index in [0.717, 1.165) is 87.0 Å². The smallest absolute Gasteiger partial charge is 0.222 e. The molecule has 9 nitrogen and oxygen atoms in total. The number of fused-ring (bicyclic) bond motifs is 1. The van der Waals surface area contributed by atoms with E-state index in [1.54, 1.807) is 0 Å². The molecule has 0 spiro atoms. The van der Waals surface area contributed by atoms with Crippen molar-refractivity contribution in [3.63, 3.8) is 0 Å². The molecular weight excluding hydrogens is 476 g/mol. The molecule has 0 unspecified atom stereocenters. The Morgan fingerprint density at radius 3 is 2.47 bits per heavy atom. The fraction of sp³-hybridized carbons (Fsp3) is 0.586. The van der Waals surface area contributed by atoms with Crippen LogP contribution in [0.15, 0.2) is 30.6 Å². The molecule has 1 N–H and O–H groups in total. The zero-order valence-electron chi connectivity index (χ0n) is 22.6. The Bertz CT molecular complexity index is 1240. The second-order valence-corrected chi connectivity index (χ2v) is 11.1. The van der Waals surface area contributed by atoms with E-state index in [1.807, 2.05) is 11.2 Å². The molecule has 2 saturated heterocycles. The number of aromatic nitrogens is 4. The van der Waals surface area contributed by atoms with Crippen LogP contribution in [-0.4, -0.2) is 88.1 Å². The van der Waals surface area contributed by atoms with E-state index in [4.69, 9.17) is 15.0 Å². The average Bonchev–Trinajstić information content (AvgIpc) is 3.58. The molecule has 6 rings (SSSR count). The van der Waals surface area contributed by atoms with E-state index in [0.29, 0.717) is 12.5 Å². The Morgan fingerprint density at radius 2 is 1.74 bits per heavy atom. The Labute approximate surface area is 225 Å². The predicted molar refractivity (Wildman–Crippen MR) is 152 cm³/mol. The topological polar surface area (TPSA) is 82.4 Å². The average molecular weight is 517 g/mol. The SMILES string of the molecule is CN1CCN(c2ccc(-c3nc(NCCCN4CCCC4=O)c4ncn(C5CCCCC5)c4n3)cc2)CC1. The molecule has 3 aromatic rings. The first-order valence-corrected chi connectivity index (χ1v) is 14.5. The lowest BCUT2D eigenvalue weighted by molar-refractivity contribution is -0.127. The summed E-state index contributed by atoms with van der Waals surface area (Å²) in [4.78, 5) is 33.6. The molecule has 9 heteroatoms.